The fourth-order valence-corrected chi connectivity index (χ4v) is 11.8. The van der Waals surface area contributed by atoms with E-state index in [-0.39, 0.29) is 35.1 Å². The summed E-state index contributed by atoms with van der Waals surface area (Å²) in [5, 5.41) is 4.51. The molecule has 4 aliphatic rings. The highest BCUT2D eigenvalue weighted by Crippen LogP contribution is 2.28. The van der Waals surface area contributed by atoms with Crippen LogP contribution in [0, 0.1) is 11.8 Å². The zero-order valence-corrected chi connectivity index (χ0v) is 35.5. The number of halogens is 3. The number of nitrogens with zero attached hydrogens (tertiary/aromatic N) is 3. The lowest BCUT2D eigenvalue weighted by atomic mass is 9.89. The fraction of sp³-hybridized carbons (Fsp3) is 0.632. The molecule has 6 rings (SSSR count). The largest absolute Gasteiger partial charge is 0.325 e. The van der Waals surface area contributed by atoms with Gasteiger partial charge in [-0.05, 0) is 126 Å². The van der Waals surface area contributed by atoms with Gasteiger partial charge < -0.3 is 15.1 Å². The number of aliphatic imine (C=N–C) groups is 2. The van der Waals surface area contributed by atoms with Crippen molar-refractivity contribution in [1.29, 1.82) is 0 Å². The van der Waals surface area contributed by atoms with Crippen molar-refractivity contribution in [2.75, 3.05) is 62.4 Å². The second-order valence-corrected chi connectivity index (χ2v) is 20.0. The molecule has 4 saturated heterocycles. The zero-order chi connectivity index (χ0) is 39.7. The standard InChI is InChI=1S/C19H27ClN2O4S.C12H16ClN.C7H12ClNO4S/c1-2-25-26-14-21-18-12-27(23,24)13-19(18)22-9-7-16(8-10-22)11-15-3-5-17(20)6-4-15;13-12-3-1-10(2-4-12)9-11-5-7-14-8-6-11;1-2-12-13-5-9-7-4-14(10,11)3-6(7)8/h3-6,14,16,18-19H,2,7-13H2,1H3;1-4,11,14H,5-9H2;5-7H,2-4H2,1H3/t18-,19-;;/m1../s1. The van der Waals surface area contributed by atoms with Gasteiger partial charge in [-0.15, -0.1) is 11.6 Å². The molecule has 4 aliphatic heterocycles. The van der Waals surface area contributed by atoms with Crippen molar-refractivity contribution in [2.45, 2.75) is 75.9 Å². The molecule has 0 amide bonds. The number of hydrogen-bond donors (Lipinski definition) is 1. The van der Waals surface area contributed by atoms with Crippen LogP contribution in [0.4, 0.5) is 0 Å². The lowest BCUT2D eigenvalue weighted by Crippen LogP contribution is -2.47. The van der Waals surface area contributed by atoms with Crippen LogP contribution in [0.15, 0.2) is 58.5 Å². The van der Waals surface area contributed by atoms with E-state index in [2.05, 4.69) is 54.2 Å². The lowest BCUT2D eigenvalue weighted by Gasteiger charge is -2.37. The highest BCUT2D eigenvalue weighted by Gasteiger charge is 2.42. The SMILES string of the molecule is CCOOC=NC1CS(=O)(=O)CC1Cl.CCOOC=N[C@@H]1CS(=O)(=O)C[C@H]1N1CCC(Cc2ccc(Cl)cc2)CC1.Clc1ccc(CC2CCNCC2)cc1. The van der Waals surface area contributed by atoms with Crippen LogP contribution in [0.5, 0.6) is 0 Å². The van der Waals surface area contributed by atoms with Gasteiger partial charge in [0.2, 0.25) is 12.8 Å². The summed E-state index contributed by atoms with van der Waals surface area (Å²) in [6.45, 7) is 8.55. The molecule has 4 atom stereocenters. The van der Waals surface area contributed by atoms with Gasteiger partial charge in [-0.1, -0.05) is 47.5 Å². The van der Waals surface area contributed by atoms with Gasteiger partial charge >= 0.3 is 0 Å². The quantitative estimate of drug-likeness (QED) is 0.0634. The third-order valence-corrected chi connectivity index (χ3v) is 14.5. The second kappa shape index (κ2) is 23.4. The highest BCUT2D eigenvalue weighted by molar-refractivity contribution is 7.92. The summed E-state index contributed by atoms with van der Waals surface area (Å²) in [7, 11) is -6.10. The summed E-state index contributed by atoms with van der Waals surface area (Å²) in [4.78, 5) is 29.1. The topological polar surface area (TPSA) is 145 Å². The van der Waals surface area contributed by atoms with E-state index in [1.807, 2.05) is 31.2 Å². The molecule has 0 aromatic heterocycles. The Balaban J connectivity index is 0.000000202. The van der Waals surface area contributed by atoms with Crippen molar-refractivity contribution in [2.24, 2.45) is 21.8 Å². The number of hydrogen-bond acceptors (Lipinski definition) is 12. The minimum atomic E-state index is -3.07. The van der Waals surface area contributed by atoms with Crippen LogP contribution in [0.25, 0.3) is 0 Å². The maximum absolute atomic E-state index is 12.1. The molecule has 0 aliphatic carbocycles. The van der Waals surface area contributed by atoms with Crippen LogP contribution in [-0.4, -0.2) is 120 Å². The monoisotopic (exact) mass is 864 g/mol. The molecule has 55 heavy (non-hydrogen) atoms. The molecule has 0 spiro atoms. The van der Waals surface area contributed by atoms with Gasteiger partial charge in [0.25, 0.3) is 0 Å². The summed E-state index contributed by atoms with van der Waals surface area (Å²) in [5.41, 5.74) is 2.72. The Labute approximate surface area is 342 Å². The summed E-state index contributed by atoms with van der Waals surface area (Å²) in [6, 6.07) is 15.5. The first-order chi connectivity index (χ1) is 26.4. The molecule has 2 unspecified atom stereocenters. The van der Waals surface area contributed by atoms with Crippen molar-refractivity contribution in [3.8, 4) is 0 Å². The first-order valence-corrected chi connectivity index (χ1v) is 23.8. The van der Waals surface area contributed by atoms with Crippen molar-refractivity contribution in [1.82, 2.24) is 10.2 Å². The van der Waals surface area contributed by atoms with Gasteiger partial charge in [0, 0.05) is 16.1 Å². The van der Waals surface area contributed by atoms with Crippen LogP contribution >= 0.6 is 34.8 Å². The minimum absolute atomic E-state index is 0.0207. The van der Waals surface area contributed by atoms with E-state index in [4.69, 9.17) is 44.6 Å². The van der Waals surface area contributed by atoms with E-state index in [1.165, 1.54) is 49.9 Å². The average molecular weight is 866 g/mol. The number of sulfone groups is 2. The van der Waals surface area contributed by atoms with Gasteiger partial charge in [-0.25, -0.2) is 26.8 Å². The smallest absolute Gasteiger partial charge is 0.215 e. The normalized spacial score (nSPS) is 25.6. The van der Waals surface area contributed by atoms with Gasteiger partial charge in [0.05, 0.1) is 53.7 Å². The lowest BCUT2D eigenvalue weighted by molar-refractivity contribution is -0.212. The summed E-state index contributed by atoms with van der Waals surface area (Å²) in [6.07, 6.45) is 9.30. The molecule has 12 nitrogen and oxygen atoms in total. The predicted molar refractivity (Wildman–Crippen MR) is 221 cm³/mol. The molecule has 1 N–H and O–H groups in total. The Morgan fingerprint density at radius 2 is 1.15 bits per heavy atom. The number of piperidine rings is 2. The number of likely N-dealkylation sites (tertiary alicyclic amines) is 1. The van der Waals surface area contributed by atoms with E-state index in [1.54, 1.807) is 6.92 Å². The highest BCUT2D eigenvalue weighted by atomic mass is 35.5. The Morgan fingerprint density at radius 3 is 1.62 bits per heavy atom. The van der Waals surface area contributed by atoms with Crippen LogP contribution in [0.3, 0.4) is 0 Å². The number of benzene rings is 2. The van der Waals surface area contributed by atoms with Crippen molar-refractivity contribution in [3.05, 3.63) is 69.7 Å². The van der Waals surface area contributed by atoms with E-state index in [9.17, 15) is 16.8 Å². The zero-order valence-electron chi connectivity index (χ0n) is 31.6. The average Bonchev–Trinajstić information content (AvgIpc) is 3.63. The molecule has 2 aromatic rings. The first kappa shape index (κ1) is 45.7. The molecule has 0 radical (unpaired) electrons. The van der Waals surface area contributed by atoms with E-state index >= 15 is 0 Å². The summed E-state index contributed by atoms with van der Waals surface area (Å²) >= 11 is 17.6. The Bertz CT molecular complexity index is 1690. The van der Waals surface area contributed by atoms with Crippen LogP contribution in [0.1, 0.15) is 50.7 Å². The number of alkyl halides is 1. The molecule has 4 fully saturated rings. The van der Waals surface area contributed by atoms with Gasteiger partial charge in [-0.3, -0.25) is 4.90 Å². The van der Waals surface area contributed by atoms with E-state index < -0.39 is 31.1 Å². The van der Waals surface area contributed by atoms with E-state index in [0.29, 0.717) is 19.1 Å². The molecule has 2 aromatic carbocycles. The molecular weight excluding hydrogens is 811 g/mol. The third kappa shape index (κ3) is 16.8. The minimum Gasteiger partial charge on any atom is -0.325 e. The second-order valence-electron chi connectivity index (χ2n) is 14.2. The van der Waals surface area contributed by atoms with Gasteiger partial charge in [-0.2, -0.15) is 9.78 Å². The molecular formula is C38H55Cl3N4O8S2. The molecule has 4 heterocycles. The Morgan fingerprint density at radius 1 is 0.691 bits per heavy atom. The van der Waals surface area contributed by atoms with Gasteiger partial charge in [0.1, 0.15) is 0 Å². The maximum Gasteiger partial charge on any atom is 0.215 e. The third-order valence-electron chi connectivity index (χ3n) is 9.96. The molecule has 0 saturated carbocycles. The number of rotatable bonds is 13. The fourth-order valence-electron chi connectivity index (χ4n) is 7.11. The van der Waals surface area contributed by atoms with Crippen molar-refractivity contribution >= 4 is 67.3 Å². The molecule has 17 heteroatoms. The van der Waals surface area contributed by atoms with Crippen molar-refractivity contribution in [3.63, 3.8) is 0 Å². The predicted octanol–water partition coefficient (Wildman–Crippen LogP) is 6.03. The summed E-state index contributed by atoms with van der Waals surface area (Å²) < 4.78 is 46.5. The summed E-state index contributed by atoms with van der Waals surface area (Å²) in [5.74, 6) is 1.68. The van der Waals surface area contributed by atoms with Gasteiger partial charge in [0.15, 0.2) is 19.7 Å². The van der Waals surface area contributed by atoms with Crippen molar-refractivity contribution < 1.29 is 36.4 Å². The number of nitrogens with one attached hydrogen (secondary N) is 1. The molecule has 0 bridgehead atoms. The maximum atomic E-state index is 12.1. The van der Waals surface area contributed by atoms with Crippen LogP contribution in [-0.2, 0) is 52.1 Å². The van der Waals surface area contributed by atoms with Crippen LogP contribution in [0.2, 0.25) is 10.0 Å². The molecule has 308 valence electrons. The van der Waals surface area contributed by atoms with Crippen LogP contribution < -0.4 is 5.32 Å². The first-order valence-electron chi connectivity index (χ1n) is 18.9. The Hall–Kier alpha value is -2.01. The van der Waals surface area contributed by atoms with E-state index in [0.717, 1.165) is 54.7 Å². The Kier molecular flexibility index (Phi) is 19.4.